The smallest absolute Gasteiger partial charge is 0.218 e. The molecule has 7 heteroatoms. The van der Waals surface area contributed by atoms with Crippen molar-refractivity contribution in [2.45, 2.75) is 13.0 Å². The molecule has 0 aliphatic rings. The van der Waals surface area contributed by atoms with Crippen LogP contribution in [0.15, 0.2) is 33.7 Å². The Balaban J connectivity index is 1.80. The van der Waals surface area contributed by atoms with Gasteiger partial charge in [0.2, 0.25) is 4.73 Å². The van der Waals surface area contributed by atoms with Crippen LogP contribution in [-0.4, -0.2) is 21.4 Å². The van der Waals surface area contributed by atoms with Gasteiger partial charge >= 0.3 is 0 Å². The van der Waals surface area contributed by atoms with Gasteiger partial charge in [-0.1, -0.05) is 23.7 Å². The van der Waals surface area contributed by atoms with Crippen molar-refractivity contribution in [1.82, 2.24) is 14.8 Å². The van der Waals surface area contributed by atoms with E-state index in [2.05, 4.69) is 41.9 Å². The first-order valence-corrected chi connectivity index (χ1v) is 7.26. The summed E-state index contributed by atoms with van der Waals surface area (Å²) in [5.41, 5.74) is 0. The van der Waals surface area contributed by atoms with Crippen molar-refractivity contribution in [3.63, 3.8) is 0 Å². The maximum absolute atomic E-state index is 5.98. The Labute approximate surface area is 127 Å². The summed E-state index contributed by atoms with van der Waals surface area (Å²) in [6, 6.07) is 7.43. The zero-order chi connectivity index (χ0) is 13.0. The predicted octanol–water partition coefficient (Wildman–Crippen LogP) is 3.93. The van der Waals surface area contributed by atoms with E-state index in [4.69, 9.17) is 16.3 Å². The van der Waals surface area contributed by atoms with Gasteiger partial charge in [0.15, 0.2) is 4.73 Å². The van der Waals surface area contributed by atoms with Crippen LogP contribution < -0.4 is 4.74 Å². The van der Waals surface area contributed by atoms with Gasteiger partial charge < -0.3 is 4.74 Å². The molecule has 0 spiro atoms. The van der Waals surface area contributed by atoms with Crippen molar-refractivity contribution >= 4 is 43.5 Å². The van der Waals surface area contributed by atoms with Crippen LogP contribution in [0.5, 0.6) is 5.75 Å². The van der Waals surface area contributed by atoms with E-state index in [1.165, 1.54) is 0 Å². The Morgan fingerprint density at radius 3 is 2.72 bits per heavy atom. The molecule has 1 heterocycles. The standard InChI is InChI=1S/C11H10Br2ClN3O/c12-10-15-11(13)17(16-10)6-3-7-18-9-5-2-1-4-8(9)14/h1-2,4-5H,3,6-7H2. The van der Waals surface area contributed by atoms with E-state index in [9.17, 15) is 0 Å². The third kappa shape index (κ3) is 3.70. The average molecular weight is 395 g/mol. The average Bonchev–Trinajstić information content (AvgIpc) is 2.65. The molecule has 1 aromatic carbocycles. The lowest BCUT2D eigenvalue weighted by Crippen LogP contribution is -2.06. The summed E-state index contributed by atoms with van der Waals surface area (Å²) in [7, 11) is 0. The second-order valence-electron chi connectivity index (χ2n) is 3.51. The maximum atomic E-state index is 5.98. The number of para-hydroxylation sites is 1. The van der Waals surface area contributed by atoms with E-state index >= 15 is 0 Å². The molecule has 4 nitrogen and oxygen atoms in total. The topological polar surface area (TPSA) is 39.9 Å². The number of aromatic nitrogens is 3. The first kappa shape index (κ1) is 13.8. The molecule has 2 aromatic rings. The van der Waals surface area contributed by atoms with Crippen molar-refractivity contribution in [3.05, 3.63) is 38.8 Å². The molecule has 0 N–H and O–H groups in total. The van der Waals surface area contributed by atoms with Crippen LogP contribution in [-0.2, 0) is 6.54 Å². The van der Waals surface area contributed by atoms with Gasteiger partial charge in [0.1, 0.15) is 5.75 Å². The van der Waals surface area contributed by atoms with Gasteiger partial charge in [-0.15, -0.1) is 5.10 Å². The van der Waals surface area contributed by atoms with E-state index in [0.29, 0.717) is 26.8 Å². The molecule has 0 aliphatic carbocycles. The molecule has 0 saturated heterocycles. The third-order valence-electron chi connectivity index (χ3n) is 2.21. The SMILES string of the molecule is Clc1ccccc1OCCCn1nc(Br)nc1Br. The normalized spacial score (nSPS) is 10.6. The van der Waals surface area contributed by atoms with Gasteiger partial charge in [-0.05, 0) is 44.0 Å². The van der Waals surface area contributed by atoms with Crippen LogP contribution in [0.25, 0.3) is 0 Å². The number of rotatable bonds is 5. The van der Waals surface area contributed by atoms with Crippen molar-refractivity contribution in [3.8, 4) is 5.75 Å². The highest BCUT2D eigenvalue weighted by Crippen LogP contribution is 2.23. The largest absolute Gasteiger partial charge is 0.492 e. The highest BCUT2D eigenvalue weighted by Gasteiger charge is 2.05. The van der Waals surface area contributed by atoms with E-state index in [1.807, 2.05) is 24.3 Å². The first-order chi connectivity index (χ1) is 8.66. The second kappa shape index (κ2) is 6.54. The lowest BCUT2D eigenvalue weighted by Gasteiger charge is -2.07. The van der Waals surface area contributed by atoms with Crippen molar-refractivity contribution in [2.24, 2.45) is 0 Å². The van der Waals surface area contributed by atoms with Crippen molar-refractivity contribution < 1.29 is 4.74 Å². The highest BCUT2D eigenvalue weighted by atomic mass is 79.9. The molecule has 1 aromatic heterocycles. The summed E-state index contributed by atoms with van der Waals surface area (Å²) in [6.07, 6.45) is 0.819. The minimum Gasteiger partial charge on any atom is -0.492 e. The number of ether oxygens (including phenoxy) is 1. The van der Waals surface area contributed by atoms with Crippen LogP contribution in [0.1, 0.15) is 6.42 Å². The molecule has 0 amide bonds. The summed E-state index contributed by atoms with van der Waals surface area (Å²) >= 11 is 12.5. The minimum absolute atomic E-state index is 0.571. The Morgan fingerprint density at radius 2 is 2.06 bits per heavy atom. The Bertz CT molecular complexity index is 533. The molecule has 0 atom stereocenters. The Kier molecular flexibility index (Phi) is 5.03. The summed E-state index contributed by atoms with van der Waals surface area (Å²) in [5, 5.41) is 4.79. The second-order valence-corrected chi connectivity index (χ2v) is 5.33. The van der Waals surface area contributed by atoms with E-state index in [-0.39, 0.29) is 0 Å². The zero-order valence-corrected chi connectivity index (χ0v) is 13.2. The fourth-order valence-electron chi connectivity index (χ4n) is 1.40. The van der Waals surface area contributed by atoms with Gasteiger partial charge in [-0.3, -0.25) is 0 Å². The Morgan fingerprint density at radius 1 is 1.28 bits per heavy atom. The molecular formula is C11H10Br2ClN3O. The maximum Gasteiger partial charge on any atom is 0.218 e. The van der Waals surface area contributed by atoms with Crippen molar-refractivity contribution in [1.29, 1.82) is 0 Å². The molecule has 0 radical (unpaired) electrons. The number of hydrogen-bond donors (Lipinski definition) is 0. The molecule has 0 bridgehead atoms. The summed E-state index contributed by atoms with van der Waals surface area (Å²) in [6.45, 7) is 1.30. The fourth-order valence-corrected chi connectivity index (χ4v) is 2.61. The van der Waals surface area contributed by atoms with Crippen LogP contribution >= 0.6 is 43.5 Å². The lowest BCUT2D eigenvalue weighted by atomic mass is 10.3. The van der Waals surface area contributed by atoms with E-state index in [1.54, 1.807) is 4.68 Å². The van der Waals surface area contributed by atoms with Crippen LogP contribution in [0, 0.1) is 0 Å². The van der Waals surface area contributed by atoms with Crippen LogP contribution in [0.3, 0.4) is 0 Å². The molecule has 96 valence electrons. The highest BCUT2D eigenvalue weighted by molar-refractivity contribution is 9.11. The zero-order valence-electron chi connectivity index (χ0n) is 9.31. The molecule has 0 aliphatic heterocycles. The number of benzene rings is 1. The number of halogens is 3. The third-order valence-corrected chi connectivity index (χ3v) is 3.44. The molecule has 2 rings (SSSR count). The van der Waals surface area contributed by atoms with E-state index < -0.39 is 0 Å². The summed E-state index contributed by atoms with van der Waals surface area (Å²) in [5.74, 6) is 0.706. The quantitative estimate of drug-likeness (QED) is 0.721. The van der Waals surface area contributed by atoms with Gasteiger partial charge in [0.25, 0.3) is 0 Å². The Hall–Kier alpha value is -0.590. The molecule has 18 heavy (non-hydrogen) atoms. The number of nitrogens with zero attached hydrogens (tertiary/aromatic N) is 3. The van der Waals surface area contributed by atoms with Gasteiger partial charge in [0.05, 0.1) is 11.6 Å². The van der Waals surface area contributed by atoms with Gasteiger partial charge in [-0.2, -0.15) is 4.98 Å². The lowest BCUT2D eigenvalue weighted by molar-refractivity contribution is 0.298. The molecular weight excluding hydrogens is 385 g/mol. The van der Waals surface area contributed by atoms with Gasteiger partial charge in [0, 0.05) is 13.0 Å². The monoisotopic (exact) mass is 393 g/mol. The molecule has 0 fully saturated rings. The minimum atomic E-state index is 0.571. The number of aryl methyl sites for hydroxylation is 1. The van der Waals surface area contributed by atoms with Crippen LogP contribution in [0.2, 0.25) is 5.02 Å². The van der Waals surface area contributed by atoms with Crippen molar-refractivity contribution in [2.75, 3.05) is 6.61 Å². The van der Waals surface area contributed by atoms with E-state index in [0.717, 1.165) is 13.0 Å². The predicted molar refractivity (Wildman–Crippen MR) is 77.0 cm³/mol. The van der Waals surface area contributed by atoms with Gasteiger partial charge in [-0.25, -0.2) is 4.68 Å². The van der Waals surface area contributed by atoms with Crippen LogP contribution in [0.4, 0.5) is 0 Å². The summed E-state index contributed by atoms with van der Waals surface area (Å²) < 4.78 is 8.62. The first-order valence-electron chi connectivity index (χ1n) is 5.30. The number of hydrogen-bond acceptors (Lipinski definition) is 3. The fraction of sp³-hybridized carbons (Fsp3) is 0.273. The molecule has 0 unspecified atom stereocenters. The molecule has 0 saturated carbocycles. The summed E-state index contributed by atoms with van der Waals surface area (Å²) in [4.78, 5) is 4.09.